The number of benzene rings is 2. The summed E-state index contributed by atoms with van der Waals surface area (Å²) in [6.45, 7) is 15.5. The molecule has 0 radical (unpaired) electrons. The molecule has 9 heteroatoms. The van der Waals surface area contributed by atoms with E-state index in [0.717, 1.165) is 72.7 Å². The summed E-state index contributed by atoms with van der Waals surface area (Å²) in [6, 6.07) is 14.6. The minimum Gasteiger partial charge on any atom is -0.493 e. The highest BCUT2D eigenvalue weighted by atomic mass is 19.1. The Hall–Kier alpha value is -3.69. The number of ether oxygens (including phenoxy) is 3. The van der Waals surface area contributed by atoms with E-state index in [1.807, 2.05) is 52.0 Å². The van der Waals surface area contributed by atoms with E-state index < -0.39 is 17.7 Å². The quantitative estimate of drug-likeness (QED) is 0.217. The monoisotopic (exact) mass is 647 g/mol. The molecule has 0 unspecified atom stereocenters. The Bertz CT molecular complexity index is 1500. The van der Waals surface area contributed by atoms with Crippen LogP contribution in [0.2, 0.25) is 0 Å². The fraction of sp³-hybridized carbons (Fsp3) is 0.526. The highest BCUT2D eigenvalue weighted by molar-refractivity contribution is 5.92. The van der Waals surface area contributed by atoms with Crippen LogP contribution >= 0.6 is 0 Å². The lowest BCUT2D eigenvalue weighted by Gasteiger charge is -2.41. The molecule has 0 saturated carbocycles. The molecule has 2 aliphatic heterocycles. The molecule has 5 rings (SSSR count). The topological polar surface area (TPSA) is 93.2 Å². The van der Waals surface area contributed by atoms with E-state index in [9.17, 15) is 14.3 Å². The minimum absolute atomic E-state index is 0.184. The maximum atomic E-state index is 13.3. The summed E-state index contributed by atoms with van der Waals surface area (Å²) in [4.78, 5) is 20.4. The lowest BCUT2D eigenvalue weighted by atomic mass is 9.82. The number of hydrogen-bond donors (Lipinski definition) is 2. The van der Waals surface area contributed by atoms with E-state index >= 15 is 0 Å². The third kappa shape index (κ3) is 9.02. The van der Waals surface area contributed by atoms with Gasteiger partial charge >= 0.3 is 5.97 Å². The van der Waals surface area contributed by atoms with Crippen molar-refractivity contribution in [1.29, 1.82) is 0 Å². The summed E-state index contributed by atoms with van der Waals surface area (Å²) in [5, 5.41) is 14.3. The number of carboxylic acids is 1. The summed E-state index contributed by atoms with van der Waals surface area (Å²) in [5.41, 5.74) is 4.40. The Morgan fingerprint density at radius 2 is 1.72 bits per heavy atom. The number of piperidine rings is 1. The van der Waals surface area contributed by atoms with Gasteiger partial charge in [-0.1, -0.05) is 38.1 Å². The summed E-state index contributed by atoms with van der Waals surface area (Å²) >= 11 is 0. The Kier molecular flexibility index (Phi) is 10.8. The summed E-state index contributed by atoms with van der Waals surface area (Å²) < 4.78 is 31.3. The van der Waals surface area contributed by atoms with Gasteiger partial charge in [0.1, 0.15) is 17.4 Å². The lowest BCUT2D eigenvalue weighted by Crippen LogP contribution is -2.39. The van der Waals surface area contributed by atoms with Crippen molar-refractivity contribution in [2.24, 2.45) is 5.41 Å². The number of carboxylic acid groups (broad SMARTS) is 1. The van der Waals surface area contributed by atoms with Gasteiger partial charge in [-0.15, -0.1) is 0 Å². The number of pyridine rings is 1. The van der Waals surface area contributed by atoms with E-state index in [1.54, 1.807) is 12.1 Å². The van der Waals surface area contributed by atoms with Gasteiger partial charge in [0.2, 0.25) is 0 Å². The standard InChI is InChI=1S/C38H50FN3O5/c1-25-31(34(36(43)44)47-37(2,3)4)33(42-20-18-38(5,6)19-21-42)32(35(40-25)41-29-16-22-45-23-17-29)27-9-13-30(14-10-27)46-24-15-26-7-11-28(39)12-8-26/h7-14,29,34H,15-24H2,1-6H3,(H,40,41)(H,43,44)/t34-/m0/s1. The Morgan fingerprint density at radius 3 is 2.32 bits per heavy atom. The number of aliphatic carboxylic acids is 1. The molecule has 0 spiro atoms. The van der Waals surface area contributed by atoms with Gasteiger partial charge in [-0.2, -0.15) is 0 Å². The first-order chi connectivity index (χ1) is 22.3. The number of carbonyl (C=O) groups is 1. The molecule has 8 nitrogen and oxygen atoms in total. The van der Waals surface area contributed by atoms with Crippen molar-refractivity contribution in [3.8, 4) is 16.9 Å². The number of anilines is 2. The molecule has 254 valence electrons. The van der Waals surface area contributed by atoms with Crippen molar-refractivity contribution >= 4 is 17.5 Å². The first kappa shape index (κ1) is 34.6. The number of nitrogens with zero attached hydrogens (tertiary/aromatic N) is 2. The van der Waals surface area contributed by atoms with Gasteiger partial charge in [0, 0.05) is 55.6 Å². The molecule has 0 amide bonds. The lowest BCUT2D eigenvalue weighted by molar-refractivity contribution is -0.160. The van der Waals surface area contributed by atoms with Crippen molar-refractivity contribution in [3.63, 3.8) is 0 Å². The summed E-state index contributed by atoms with van der Waals surface area (Å²) in [7, 11) is 0. The second kappa shape index (κ2) is 14.6. The number of hydrogen-bond acceptors (Lipinski definition) is 7. The van der Waals surface area contributed by atoms with Crippen molar-refractivity contribution in [3.05, 3.63) is 71.2 Å². The van der Waals surface area contributed by atoms with Gasteiger partial charge < -0.3 is 29.5 Å². The smallest absolute Gasteiger partial charge is 0.337 e. The van der Waals surface area contributed by atoms with Crippen LogP contribution in [-0.2, 0) is 20.7 Å². The molecular formula is C38H50FN3O5. The minimum atomic E-state index is -1.20. The van der Waals surface area contributed by atoms with E-state index in [0.29, 0.717) is 37.5 Å². The molecule has 1 atom stereocenters. The number of aryl methyl sites for hydroxylation is 1. The molecule has 3 aromatic rings. The van der Waals surface area contributed by atoms with Crippen LogP contribution in [-0.4, -0.2) is 60.6 Å². The summed E-state index contributed by atoms with van der Waals surface area (Å²) in [6.07, 6.45) is 3.15. The Balaban J connectivity index is 1.58. The molecule has 1 aromatic heterocycles. The third-order valence-corrected chi connectivity index (χ3v) is 9.07. The highest BCUT2D eigenvalue weighted by Crippen LogP contribution is 2.47. The molecular weight excluding hydrogens is 597 g/mol. The molecule has 0 bridgehead atoms. The van der Waals surface area contributed by atoms with Crippen LogP contribution in [0.3, 0.4) is 0 Å². The van der Waals surface area contributed by atoms with Crippen molar-refractivity contribution in [2.45, 2.75) is 91.4 Å². The van der Waals surface area contributed by atoms with Gasteiger partial charge in [0.05, 0.1) is 17.9 Å². The molecule has 2 N–H and O–H groups in total. The maximum absolute atomic E-state index is 13.3. The van der Waals surface area contributed by atoms with E-state index in [1.165, 1.54) is 12.1 Å². The van der Waals surface area contributed by atoms with E-state index in [4.69, 9.17) is 19.2 Å². The second-order valence-electron chi connectivity index (χ2n) is 14.6. The zero-order valence-electron chi connectivity index (χ0n) is 28.7. The Labute approximate surface area is 278 Å². The third-order valence-electron chi connectivity index (χ3n) is 9.07. The molecule has 2 aliphatic rings. The fourth-order valence-electron chi connectivity index (χ4n) is 6.34. The molecule has 2 aromatic carbocycles. The van der Waals surface area contributed by atoms with Crippen LogP contribution in [0.15, 0.2) is 48.5 Å². The molecule has 0 aliphatic carbocycles. The fourth-order valence-corrected chi connectivity index (χ4v) is 6.34. The predicted octanol–water partition coefficient (Wildman–Crippen LogP) is 7.98. The average molecular weight is 648 g/mol. The summed E-state index contributed by atoms with van der Waals surface area (Å²) in [5.74, 6) is 0.167. The first-order valence-electron chi connectivity index (χ1n) is 16.8. The number of halogens is 1. The zero-order valence-corrected chi connectivity index (χ0v) is 28.7. The predicted molar refractivity (Wildman–Crippen MR) is 184 cm³/mol. The van der Waals surface area contributed by atoms with Crippen LogP contribution in [0, 0.1) is 18.2 Å². The van der Waals surface area contributed by atoms with Gasteiger partial charge in [0.25, 0.3) is 0 Å². The van der Waals surface area contributed by atoms with Crippen molar-refractivity contribution in [1.82, 2.24) is 4.98 Å². The van der Waals surface area contributed by atoms with Gasteiger partial charge in [0.15, 0.2) is 6.10 Å². The zero-order chi connectivity index (χ0) is 33.8. The Morgan fingerprint density at radius 1 is 1.09 bits per heavy atom. The van der Waals surface area contributed by atoms with Gasteiger partial charge in [-0.05, 0) is 94.2 Å². The molecule has 2 fully saturated rings. The SMILES string of the molecule is Cc1nc(NC2CCOCC2)c(-c2ccc(OCCc3ccc(F)cc3)cc2)c(N2CCC(C)(C)CC2)c1[C@H](OC(C)(C)C)C(=O)O. The normalized spacial score (nSPS) is 17.7. The largest absolute Gasteiger partial charge is 0.493 e. The first-order valence-corrected chi connectivity index (χ1v) is 16.8. The molecule has 2 saturated heterocycles. The van der Waals surface area contributed by atoms with Gasteiger partial charge in [-0.3, -0.25) is 0 Å². The van der Waals surface area contributed by atoms with Crippen molar-refractivity contribution in [2.75, 3.05) is 43.1 Å². The highest BCUT2D eigenvalue weighted by Gasteiger charge is 2.37. The van der Waals surface area contributed by atoms with Crippen LogP contribution < -0.4 is 15.0 Å². The maximum Gasteiger partial charge on any atom is 0.337 e. The van der Waals surface area contributed by atoms with E-state index in [2.05, 4.69) is 24.1 Å². The number of nitrogens with one attached hydrogen (secondary N) is 1. The van der Waals surface area contributed by atoms with Crippen LogP contribution in [0.4, 0.5) is 15.9 Å². The molecule has 47 heavy (non-hydrogen) atoms. The van der Waals surface area contributed by atoms with E-state index in [-0.39, 0.29) is 17.3 Å². The van der Waals surface area contributed by atoms with Crippen molar-refractivity contribution < 1.29 is 28.5 Å². The van der Waals surface area contributed by atoms with Crippen LogP contribution in [0.1, 0.15) is 83.2 Å². The van der Waals surface area contributed by atoms with Crippen LogP contribution in [0.25, 0.3) is 11.1 Å². The average Bonchev–Trinajstić information content (AvgIpc) is 3.01. The van der Waals surface area contributed by atoms with Crippen LogP contribution in [0.5, 0.6) is 5.75 Å². The number of rotatable bonds is 11. The van der Waals surface area contributed by atoms with Gasteiger partial charge in [-0.25, -0.2) is 14.2 Å². The second-order valence-corrected chi connectivity index (χ2v) is 14.6. The molecule has 3 heterocycles. The number of aromatic nitrogens is 1.